The molecule has 2 nitrogen and oxygen atoms in total. The molecule has 0 bridgehead atoms. The van der Waals surface area contributed by atoms with Gasteiger partial charge >= 0.3 is 0 Å². The number of nitrogens with one attached hydrogen (secondary N) is 1. The second-order valence-electron chi connectivity index (χ2n) is 6.36. The average molecular weight is 226 g/mol. The van der Waals surface area contributed by atoms with E-state index in [9.17, 15) is 0 Å². The molecule has 1 atom stereocenters. The van der Waals surface area contributed by atoms with Crippen LogP contribution in [0.25, 0.3) is 0 Å². The van der Waals surface area contributed by atoms with E-state index in [1.54, 1.807) is 0 Å². The Hall–Kier alpha value is -0.0800. The van der Waals surface area contributed by atoms with Gasteiger partial charge in [-0.2, -0.15) is 0 Å². The third-order valence-electron chi connectivity index (χ3n) is 4.01. The summed E-state index contributed by atoms with van der Waals surface area (Å²) in [6, 6.07) is 0.836. The largest absolute Gasteiger partial charge is 0.330 e. The minimum atomic E-state index is 0.413. The standard InChI is InChI=1S/C14H30N2/c1-14(2,3)12(9-10-15)6-5-11-16-13-7-4-8-13/h12-13,16H,4-11,15H2,1-3H3. The van der Waals surface area contributed by atoms with Crippen molar-refractivity contribution in [3.63, 3.8) is 0 Å². The van der Waals surface area contributed by atoms with Crippen molar-refractivity contribution in [1.29, 1.82) is 0 Å². The number of rotatable bonds is 7. The maximum Gasteiger partial charge on any atom is 0.00670 e. The van der Waals surface area contributed by atoms with Crippen LogP contribution >= 0.6 is 0 Å². The molecule has 0 aromatic carbocycles. The molecule has 1 unspecified atom stereocenters. The lowest BCUT2D eigenvalue weighted by Gasteiger charge is -2.31. The number of hydrogen-bond acceptors (Lipinski definition) is 2. The van der Waals surface area contributed by atoms with Gasteiger partial charge in [0.2, 0.25) is 0 Å². The molecule has 0 radical (unpaired) electrons. The zero-order valence-corrected chi connectivity index (χ0v) is 11.4. The predicted octanol–water partition coefficient (Wildman–Crippen LogP) is 2.92. The summed E-state index contributed by atoms with van der Waals surface area (Å²) in [5, 5.41) is 3.64. The molecule has 1 fully saturated rings. The molecule has 1 aliphatic rings. The van der Waals surface area contributed by atoms with Crippen molar-refractivity contribution in [2.45, 2.75) is 65.3 Å². The summed E-state index contributed by atoms with van der Waals surface area (Å²) in [6.07, 6.45) is 8.01. The van der Waals surface area contributed by atoms with Crippen molar-refractivity contribution in [3.8, 4) is 0 Å². The maximum absolute atomic E-state index is 5.69. The van der Waals surface area contributed by atoms with Gasteiger partial charge in [-0.25, -0.2) is 0 Å². The first-order valence-electron chi connectivity index (χ1n) is 6.97. The highest BCUT2D eigenvalue weighted by atomic mass is 14.9. The molecule has 0 aliphatic heterocycles. The molecule has 16 heavy (non-hydrogen) atoms. The predicted molar refractivity (Wildman–Crippen MR) is 71.5 cm³/mol. The van der Waals surface area contributed by atoms with Crippen molar-refractivity contribution in [2.75, 3.05) is 13.1 Å². The van der Waals surface area contributed by atoms with Crippen LogP contribution in [0.4, 0.5) is 0 Å². The van der Waals surface area contributed by atoms with Crippen LogP contribution in [0, 0.1) is 11.3 Å². The monoisotopic (exact) mass is 226 g/mol. The first-order valence-corrected chi connectivity index (χ1v) is 6.97. The van der Waals surface area contributed by atoms with Gasteiger partial charge in [-0.05, 0) is 56.5 Å². The van der Waals surface area contributed by atoms with E-state index in [0.717, 1.165) is 18.5 Å². The highest BCUT2D eigenvalue weighted by Crippen LogP contribution is 2.32. The third-order valence-corrected chi connectivity index (χ3v) is 4.01. The molecule has 1 aliphatic carbocycles. The Labute approximate surface area is 101 Å². The molecule has 1 rings (SSSR count). The van der Waals surface area contributed by atoms with Crippen LogP contribution in [0.3, 0.4) is 0 Å². The van der Waals surface area contributed by atoms with Crippen molar-refractivity contribution < 1.29 is 0 Å². The molecule has 0 amide bonds. The van der Waals surface area contributed by atoms with E-state index in [1.807, 2.05) is 0 Å². The molecule has 0 aromatic rings. The normalized spacial score (nSPS) is 19.5. The van der Waals surface area contributed by atoms with Crippen LogP contribution in [0.2, 0.25) is 0 Å². The summed E-state index contributed by atoms with van der Waals surface area (Å²) < 4.78 is 0. The second-order valence-corrected chi connectivity index (χ2v) is 6.36. The van der Waals surface area contributed by atoms with Crippen LogP contribution in [-0.4, -0.2) is 19.1 Å². The van der Waals surface area contributed by atoms with Crippen molar-refractivity contribution in [2.24, 2.45) is 17.1 Å². The summed E-state index contributed by atoms with van der Waals surface area (Å²) in [6.45, 7) is 9.05. The fourth-order valence-corrected chi connectivity index (χ4v) is 2.48. The van der Waals surface area contributed by atoms with E-state index in [0.29, 0.717) is 5.41 Å². The quantitative estimate of drug-likeness (QED) is 0.655. The highest BCUT2D eigenvalue weighted by Gasteiger charge is 2.23. The van der Waals surface area contributed by atoms with Crippen molar-refractivity contribution in [3.05, 3.63) is 0 Å². The van der Waals surface area contributed by atoms with Crippen LogP contribution in [0.1, 0.15) is 59.3 Å². The van der Waals surface area contributed by atoms with E-state index < -0.39 is 0 Å². The van der Waals surface area contributed by atoms with Crippen molar-refractivity contribution >= 4 is 0 Å². The molecule has 0 saturated heterocycles. The smallest absolute Gasteiger partial charge is 0.00670 e. The Morgan fingerprint density at radius 1 is 1.25 bits per heavy atom. The molecule has 96 valence electrons. The van der Waals surface area contributed by atoms with E-state index in [4.69, 9.17) is 5.73 Å². The van der Waals surface area contributed by atoms with E-state index in [1.165, 1.54) is 45.1 Å². The molecule has 0 heterocycles. The first kappa shape index (κ1) is 14.0. The van der Waals surface area contributed by atoms with Gasteiger partial charge in [-0.15, -0.1) is 0 Å². The average Bonchev–Trinajstić information content (AvgIpc) is 2.11. The molecule has 0 aromatic heterocycles. The number of hydrogen-bond donors (Lipinski definition) is 2. The third kappa shape index (κ3) is 4.84. The Morgan fingerprint density at radius 2 is 1.94 bits per heavy atom. The van der Waals surface area contributed by atoms with Gasteiger partial charge in [0.1, 0.15) is 0 Å². The van der Waals surface area contributed by atoms with Gasteiger partial charge in [0.15, 0.2) is 0 Å². The van der Waals surface area contributed by atoms with Gasteiger partial charge in [0.05, 0.1) is 0 Å². The SMILES string of the molecule is CC(C)(C)C(CCN)CCCNC1CCC1. The summed E-state index contributed by atoms with van der Waals surface area (Å²) in [5.41, 5.74) is 6.11. The molecule has 2 heteroatoms. The van der Waals surface area contributed by atoms with Gasteiger partial charge < -0.3 is 11.1 Å². The molecule has 1 saturated carbocycles. The topological polar surface area (TPSA) is 38.0 Å². The minimum Gasteiger partial charge on any atom is -0.330 e. The zero-order chi connectivity index (χ0) is 12.0. The lowest BCUT2D eigenvalue weighted by molar-refractivity contribution is 0.208. The molecule has 0 spiro atoms. The summed E-state index contributed by atoms with van der Waals surface area (Å²) in [7, 11) is 0. The van der Waals surface area contributed by atoms with E-state index in [-0.39, 0.29) is 0 Å². The molecular weight excluding hydrogens is 196 g/mol. The lowest BCUT2D eigenvalue weighted by atomic mass is 9.76. The Bertz CT molecular complexity index is 180. The Morgan fingerprint density at radius 3 is 2.38 bits per heavy atom. The Balaban J connectivity index is 2.11. The van der Waals surface area contributed by atoms with Crippen LogP contribution in [0.5, 0.6) is 0 Å². The van der Waals surface area contributed by atoms with Gasteiger partial charge in [-0.1, -0.05) is 27.2 Å². The van der Waals surface area contributed by atoms with Gasteiger partial charge in [0.25, 0.3) is 0 Å². The van der Waals surface area contributed by atoms with Crippen LogP contribution in [-0.2, 0) is 0 Å². The van der Waals surface area contributed by atoms with Crippen LogP contribution in [0.15, 0.2) is 0 Å². The van der Waals surface area contributed by atoms with E-state index in [2.05, 4.69) is 26.1 Å². The second kappa shape index (κ2) is 6.61. The maximum atomic E-state index is 5.69. The number of nitrogens with two attached hydrogens (primary N) is 1. The fraction of sp³-hybridized carbons (Fsp3) is 1.00. The molecule has 3 N–H and O–H groups in total. The first-order chi connectivity index (χ1) is 7.54. The summed E-state index contributed by atoms with van der Waals surface area (Å²) in [4.78, 5) is 0. The lowest BCUT2D eigenvalue weighted by Crippen LogP contribution is -2.36. The summed E-state index contributed by atoms with van der Waals surface area (Å²) >= 11 is 0. The Kier molecular flexibility index (Phi) is 5.77. The van der Waals surface area contributed by atoms with E-state index >= 15 is 0 Å². The van der Waals surface area contributed by atoms with Gasteiger partial charge in [-0.3, -0.25) is 0 Å². The minimum absolute atomic E-state index is 0.413. The van der Waals surface area contributed by atoms with Gasteiger partial charge in [0, 0.05) is 6.04 Å². The highest BCUT2D eigenvalue weighted by molar-refractivity contribution is 4.78. The van der Waals surface area contributed by atoms with Crippen LogP contribution < -0.4 is 11.1 Å². The van der Waals surface area contributed by atoms with Crippen molar-refractivity contribution in [1.82, 2.24) is 5.32 Å². The summed E-state index contributed by atoms with van der Waals surface area (Å²) in [5.74, 6) is 0.778. The fourth-order valence-electron chi connectivity index (χ4n) is 2.48. The zero-order valence-electron chi connectivity index (χ0n) is 11.4. The molecular formula is C14H30N2.